The zero-order chi connectivity index (χ0) is 21.7. The maximum absolute atomic E-state index is 11.8. The van der Waals surface area contributed by atoms with Gasteiger partial charge in [0.25, 0.3) is 0 Å². The Balaban J connectivity index is 2.16. The SMILES string of the molecule is CC(C)OC(=N)c1c(-c2ccc(C=O)cc2)cc(C(=O)O)nc1NC1CCCCC1. The second-order valence-corrected chi connectivity index (χ2v) is 7.80. The summed E-state index contributed by atoms with van der Waals surface area (Å²) in [7, 11) is 0. The lowest BCUT2D eigenvalue weighted by molar-refractivity contribution is 0.0690. The Morgan fingerprint density at radius 3 is 2.47 bits per heavy atom. The van der Waals surface area contributed by atoms with Gasteiger partial charge >= 0.3 is 5.97 Å². The Morgan fingerprint density at radius 1 is 1.23 bits per heavy atom. The predicted octanol–water partition coefficient (Wildman–Crippen LogP) is 4.75. The third-order valence-corrected chi connectivity index (χ3v) is 5.12. The zero-order valence-electron chi connectivity index (χ0n) is 17.3. The first-order valence-electron chi connectivity index (χ1n) is 10.2. The molecular formula is C23H27N3O4. The normalized spacial score (nSPS) is 14.4. The third kappa shape index (κ3) is 5.03. The molecule has 0 aliphatic heterocycles. The van der Waals surface area contributed by atoms with E-state index in [4.69, 9.17) is 10.1 Å². The van der Waals surface area contributed by atoms with Crippen molar-refractivity contribution in [2.24, 2.45) is 0 Å². The predicted molar refractivity (Wildman–Crippen MR) is 116 cm³/mol. The maximum atomic E-state index is 11.8. The summed E-state index contributed by atoms with van der Waals surface area (Å²) in [6.07, 6.45) is 5.87. The minimum Gasteiger partial charge on any atom is -0.477 e. The van der Waals surface area contributed by atoms with Gasteiger partial charge < -0.3 is 15.2 Å². The fourth-order valence-corrected chi connectivity index (χ4v) is 3.69. The molecule has 1 aliphatic carbocycles. The van der Waals surface area contributed by atoms with Gasteiger partial charge in [-0.3, -0.25) is 10.2 Å². The van der Waals surface area contributed by atoms with E-state index in [2.05, 4.69) is 10.3 Å². The molecule has 1 fully saturated rings. The highest BCUT2D eigenvalue weighted by atomic mass is 16.5. The van der Waals surface area contributed by atoms with Crippen molar-refractivity contribution in [3.63, 3.8) is 0 Å². The van der Waals surface area contributed by atoms with Gasteiger partial charge in [-0.05, 0) is 38.3 Å². The molecule has 0 bridgehead atoms. The molecule has 0 radical (unpaired) electrons. The van der Waals surface area contributed by atoms with Gasteiger partial charge in [0.2, 0.25) is 5.90 Å². The number of carbonyl (C=O) groups excluding carboxylic acids is 1. The molecule has 1 aromatic carbocycles. The second-order valence-electron chi connectivity index (χ2n) is 7.80. The summed E-state index contributed by atoms with van der Waals surface area (Å²) in [5, 5.41) is 21.6. The molecule has 0 atom stereocenters. The van der Waals surface area contributed by atoms with Crippen molar-refractivity contribution < 1.29 is 19.4 Å². The van der Waals surface area contributed by atoms with E-state index in [0.717, 1.165) is 32.0 Å². The number of rotatable bonds is 7. The van der Waals surface area contributed by atoms with Crippen molar-refractivity contribution in [2.45, 2.75) is 58.1 Å². The molecule has 3 rings (SSSR count). The molecule has 0 saturated heterocycles. The van der Waals surface area contributed by atoms with Gasteiger partial charge in [0.15, 0.2) is 5.69 Å². The quantitative estimate of drug-likeness (QED) is 0.345. The molecule has 0 spiro atoms. The highest BCUT2D eigenvalue weighted by molar-refractivity contribution is 6.05. The number of hydrogen-bond donors (Lipinski definition) is 3. The first-order chi connectivity index (χ1) is 14.4. The van der Waals surface area contributed by atoms with Crippen molar-refractivity contribution in [1.82, 2.24) is 4.98 Å². The van der Waals surface area contributed by atoms with E-state index < -0.39 is 5.97 Å². The van der Waals surface area contributed by atoms with Crippen LogP contribution in [0.4, 0.5) is 5.82 Å². The van der Waals surface area contributed by atoms with Crippen molar-refractivity contribution in [3.8, 4) is 11.1 Å². The number of aromatic carboxylic acids is 1. The molecule has 3 N–H and O–H groups in total. The number of aromatic nitrogens is 1. The van der Waals surface area contributed by atoms with E-state index in [-0.39, 0.29) is 23.7 Å². The number of hydrogen-bond acceptors (Lipinski definition) is 6. The minimum absolute atomic E-state index is 0.0674. The van der Waals surface area contributed by atoms with Gasteiger partial charge in [0.1, 0.15) is 12.1 Å². The van der Waals surface area contributed by atoms with Crippen LogP contribution in [-0.4, -0.2) is 40.4 Å². The largest absolute Gasteiger partial charge is 0.477 e. The molecule has 0 amide bonds. The van der Waals surface area contributed by atoms with Gasteiger partial charge in [0, 0.05) is 17.2 Å². The Labute approximate surface area is 176 Å². The summed E-state index contributed by atoms with van der Waals surface area (Å²) in [6.45, 7) is 3.67. The zero-order valence-corrected chi connectivity index (χ0v) is 17.3. The number of ether oxygens (including phenoxy) is 1. The van der Waals surface area contributed by atoms with Gasteiger partial charge in [-0.15, -0.1) is 0 Å². The number of pyridine rings is 1. The fraction of sp³-hybridized carbons (Fsp3) is 0.391. The van der Waals surface area contributed by atoms with Crippen molar-refractivity contribution in [1.29, 1.82) is 5.41 Å². The van der Waals surface area contributed by atoms with Crippen LogP contribution in [0.25, 0.3) is 11.1 Å². The summed E-state index contributed by atoms with van der Waals surface area (Å²) >= 11 is 0. The number of nitrogens with one attached hydrogen (secondary N) is 2. The highest BCUT2D eigenvalue weighted by Crippen LogP contribution is 2.32. The Hall–Kier alpha value is -3.22. The van der Waals surface area contributed by atoms with Crippen LogP contribution in [0.15, 0.2) is 30.3 Å². The second kappa shape index (κ2) is 9.52. The standard InChI is InChI=1S/C23H27N3O4/c1-14(2)30-21(24)20-18(16-10-8-15(13-27)9-11-16)12-19(23(28)29)26-22(20)25-17-6-4-3-5-7-17/h8-14,17,24H,3-7H2,1-2H3,(H,25,26)(H,28,29). The topological polar surface area (TPSA) is 112 Å². The number of nitrogens with zero attached hydrogens (tertiary/aromatic N) is 1. The van der Waals surface area contributed by atoms with Crippen LogP contribution in [0.5, 0.6) is 0 Å². The lowest BCUT2D eigenvalue weighted by atomic mass is 9.94. The summed E-state index contributed by atoms with van der Waals surface area (Å²) < 4.78 is 5.67. The van der Waals surface area contributed by atoms with Crippen LogP contribution >= 0.6 is 0 Å². The van der Waals surface area contributed by atoms with Crippen LogP contribution < -0.4 is 5.32 Å². The van der Waals surface area contributed by atoms with Crippen LogP contribution in [0.2, 0.25) is 0 Å². The number of carboxylic acids is 1. The van der Waals surface area contributed by atoms with Gasteiger partial charge in [0.05, 0.1) is 11.7 Å². The van der Waals surface area contributed by atoms with Crippen LogP contribution in [-0.2, 0) is 4.74 Å². The number of anilines is 1. The lowest BCUT2D eigenvalue weighted by Gasteiger charge is -2.26. The van der Waals surface area contributed by atoms with E-state index >= 15 is 0 Å². The van der Waals surface area contributed by atoms with Crippen molar-refractivity contribution in [3.05, 3.63) is 47.2 Å². The summed E-state index contributed by atoms with van der Waals surface area (Å²) in [6, 6.07) is 8.42. The van der Waals surface area contributed by atoms with E-state index in [0.29, 0.717) is 28.1 Å². The fourth-order valence-electron chi connectivity index (χ4n) is 3.69. The molecule has 0 unspecified atom stereocenters. The average molecular weight is 409 g/mol. The molecule has 7 nitrogen and oxygen atoms in total. The molecule has 1 aromatic heterocycles. The van der Waals surface area contributed by atoms with E-state index in [1.165, 1.54) is 12.5 Å². The minimum atomic E-state index is -1.14. The monoisotopic (exact) mass is 409 g/mol. The maximum Gasteiger partial charge on any atom is 0.354 e. The molecule has 30 heavy (non-hydrogen) atoms. The van der Waals surface area contributed by atoms with E-state index in [1.807, 2.05) is 13.8 Å². The third-order valence-electron chi connectivity index (χ3n) is 5.12. The van der Waals surface area contributed by atoms with Crippen molar-refractivity contribution >= 4 is 24.0 Å². The van der Waals surface area contributed by atoms with Gasteiger partial charge in [-0.2, -0.15) is 0 Å². The van der Waals surface area contributed by atoms with Crippen molar-refractivity contribution in [2.75, 3.05) is 5.32 Å². The first-order valence-corrected chi connectivity index (χ1v) is 10.2. The molecule has 1 aliphatic rings. The molecule has 2 aromatic rings. The number of benzene rings is 1. The first kappa shape index (κ1) is 21.5. The lowest BCUT2D eigenvalue weighted by Crippen LogP contribution is -2.26. The van der Waals surface area contributed by atoms with E-state index in [9.17, 15) is 14.7 Å². The van der Waals surface area contributed by atoms with Crippen LogP contribution in [0.1, 0.15) is 72.4 Å². The number of carboxylic acid groups (broad SMARTS) is 1. The summed E-state index contributed by atoms with van der Waals surface area (Å²) in [5.74, 6) is -0.862. The van der Waals surface area contributed by atoms with Gasteiger partial charge in [-0.25, -0.2) is 9.78 Å². The summed E-state index contributed by atoms with van der Waals surface area (Å²) in [4.78, 5) is 27.1. The summed E-state index contributed by atoms with van der Waals surface area (Å²) in [5.41, 5.74) is 2.05. The smallest absolute Gasteiger partial charge is 0.354 e. The molecule has 1 saturated carbocycles. The molecular weight excluding hydrogens is 382 g/mol. The average Bonchev–Trinajstić information content (AvgIpc) is 2.73. The Bertz CT molecular complexity index is 932. The molecule has 1 heterocycles. The molecule has 7 heteroatoms. The van der Waals surface area contributed by atoms with Gasteiger partial charge in [-0.1, -0.05) is 43.5 Å². The van der Waals surface area contributed by atoms with Crippen LogP contribution in [0.3, 0.4) is 0 Å². The highest BCUT2D eigenvalue weighted by Gasteiger charge is 2.24. The number of carbonyl (C=O) groups is 2. The van der Waals surface area contributed by atoms with Crippen LogP contribution in [0, 0.1) is 5.41 Å². The van der Waals surface area contributed by atoms with E-state index in [1.54, 1.807) is 24.3 Å². The Kier molecular flexibility index (Phi) is 6.82. The number of aldehydes is 1. The Morgan fingerprint density at radius 2 is 1.90 bits per heavy atom. The molecule has 158 valence electrons.